The van der Waals surface area contributed by atoms with Crippen LogP contribution in [0.15, 0.2) is 11.0 Å². The number of halogens is 4. The van der Waals surface area contributed by atoms with Crippen molar-refractivity contribution in [1.29, 1.82) is 0 Å². The Morgan fingerprint density at radius 3 is 2.80 bits per heavy atom. The standard InChI is InChI=1S/C8H7ClF3N7O/c9-6-4(13-2-5-15-17-18-16-5)1-14-19(7(6)20)3-8(10,11)12/h1,13H,2-3H2,(H,15,16,17,18). The van der Waals surface area contributed by atoms with Crippen LogP contribution in [0.4, 0.5) is 18.9 Å². The van der Waals surface area contributed by atoms with E-state index < -0.39 is 23.3 Å². The summed E-state index contributed by atoms with van der Waals surface area (Å²) in [6, 6.07) is 0. The number of nitrogens with zero attached hydrogens (tertiary/aromatic N) is 5. The first kappa shape index (κ1) is 14.2. The molecule has 0 aliphatic rings. The van der Waals surface area contributed by atoms with Crippen LogP contribution < -0.4 is 10.9 Å². The lowest BCUT2D eigenvalue weighted by Crippen LogP contribution is -2.30. The highest BCUT2D eigenvalue weighted by Gasteiger charge is 2.29. The number of aromatic amines is 1. The van der Waals surface area contributed by atoms with E-state index in [0.717, 1.165) is 6.20 Å². The zero-order chi connectivity index (χ0) is 14.8. The lowest BCUT2D eigenvalue weighted by Gasteiger charge is -2.10. The summed E-state index contributed by atoms with van der Waals surface area (Å²) >= 11 is 5.70. The van der Waals surface area contributed by atoms with Gasteiger partial charge in [-0.15, -0.1) is 10.2 Å². The fraction of sp³-hybridized carbons (Fsp3) is 0.375. The van der Waals surface area contributed by atoms with Crippen LogP contribution in [0.5, 0.6) is 0 Å². The Morgan fingerprint density at radius 2 is 2.20 bits per heavy atom. The number of hydrogen-bond acceptors (Lipinski definition) is 6. The van der Waals surface area contributed by atoms with Gasteiger partial charge in [0.2, 0.25) is 0 Å². The molecule has 2 aromatic heterocycles. The zero-order valence-corrected chi connectivity index (χ0v) is 10.4. The second kappa shape index (κ2) is 5.45. The van der Waals surface area contributed by atoms with Crippen molar-refractivity contribution in [3.63, 3.8) is 0 Å². The molecule has 20 heavy (non-hydrogen) atoms. The summed E-state index contributed by atoms with van der Waals surface area (Å²) in [5, 5.41) is 18.5. The number of anilines is 1. The van der Waals surface area contributed by atoms with E-state index in [1.807, 2.05) is 0 Å². The molecule has 0 saturated heterocycles. The molecule has 0 bridgehead atoms. The predicted octanol–water partition coefficient (Wildman–Crippen LogP) is 0.584. The number of H-pyrrole nitrogens is 1. The van der Waals surface area contributed by atoms with Crippen LogP contribution >= 0.6 is 11.6 Å². The third-order valence-electron chi connectivity index (χ3n) is 2.14. The van der Waals surface area contributed by atoms with Crippen molar-refractivity contribution in [3.05, 3.63) is 27.4 Å². The lowest BCUT2D eigenvalue weighted by molar-refractivity contribution is -0.143. The van der Waals surface area contributed by atoms with Crippen molar-refractivity contribution in [1.82, 2.24) is 30.4 Å². The summed E-state index contributed by atoms with van der Waals surface area (Å²) in [6.45, 7) is -1.42. The minimum absolute atomic E-state index is 0.0832. The first-order valence-electron chi connectivity index (χ1n) is 5.15. The average Bonchev–Trinajstić information content (AvgIpc) is 2.86. The van der Waals surface area contributed by atoms with Crippen LogP contribution in [0.25, 0.3) is 0 Å². The lowest BCUT2D eigenvalue weighted by atomic mass is 10.4. The molecule has 8 nitrogen and oxygen atoms in total. The molecule has 0 aromatic carbocycles. The molecule has 2 aromatic rings. The van der Waals surface area contributed by atoms with Gasteiger partial charge < -0.3 is 5.32 Å². The molecule has 0 amide bonds. The molecule has 0 aliphatic carbocycles. The molecule has 0 spiro atoms. The van der Waals surface area contributed by atoms with Gasteiger partial charge in [0.1, 0.15) is 11.6 Å². The third-order valence-corrected chi connectivity index (χ3v) is 2.51. The van der Waals surface area contributed by atoms with Crippen LogP contribution in [-0.2, 0) is 13.1 Å². The molecule has 0 atom stereocenters. The highest BCUT2D eigenvalue weighted by Crippen LogP contribution is 2.19. The van der Waals surface area contributed by atoms with E-state index in [2.05, 4.69) is 31.0 Å². The van der Waals surface area contributed by atoms with Crippen LogP contribution in [0, 0.1) is 0 Å². The first-order chi connectivity index (χ1) is 9.37. The Hall–Kier alpha value is -2.17. The molecule has 2 heterocycles. The number of alkyl halides is 3. The van der Waals surface area contributed by atoms with Crippen molar-refractivity contribution in [2.75, 3.05) is 5.32 Å². The predicted molar refractivity (Wildman–Crippen MR) is 61.1 cm³/mol. The smallest absolute Gasteiger partial charge is 0.375 e. The minimum Gasteiger partial charge on any atom is -0.375 e. The monoisotopic (exact) mass is 309 g/mol. The fourth-order valence-electron chi connectivity index (χ4n) is 1.30. The van der Waals surface area contributed by atoms with Gasteiger partial charge in [0.05, 0.1) is 18.4 Å². The van der Waals surface area contributed by atoms with Gasteiger partial charge in [-0.05, 0) is 0 Å². The number of nitrogens with one attached hydrogen (secondary N) is 2. The maximum Gasteiger partial charge on any atom is 0.408 e. The first-order valence-corrected chi connectivity index (χ1v) is 5.53. The molecule has 12 heteroatoms. The van der Waals surface area contributed by atoms with Crippen LogP contribution in [0.2, 0.25) is 5.02 Å². The highest BCUT2D eigenvalue weighted by atomic mass is 35.5. The highest BCUT2D eigenvalue weighted by molar-refractivity contribution is 6.32. The van der Waals surface area contributed by atoms with Crippen LogP contribution in [0.1, 0.15) is 5.82 Å². The summed E-state index contributed by atoms with van der Waals surface area (Å²) in [5.74, 6) is 0.292. The van der Waals surface area contributed by atoms with Crippen molar-refractivity contribution < 1.29 is 13.2 Å². The van der Waals surface area contributed by atoms with Gasteiger partial charge in [0.25, 0.3) is 5.56 Å². The van der Waals surface area contributed by atoms with E-state index in [-0.39, 0.29) is 16.9 Å². The SMILES string of the molecule is O=c1c(Cl)c(NCc2nn[nH]n2)cnn1CC(F)(F)F. The van der Waals surface area contributed by atoms with Gasteiger partial charge in [-0.3, -0.25) is 4.79 Å². The van der Waals surface area contributed by atoms with Gasteiger partial charge in [-0.1, -0.05) is 16.8 Å². The van der Waals surface area contributed by atoms with E-state index >= 15 is 0 Å². The number of hydrogen-bond donors (Lipinski definition) is 2. The van der Waals surface area contributed by atoms with Crippen molar-refractivity contribution in [3.8, 4) is 0 Å². The summed E-state index contributed by atoms with van der Waals surface area (Å²) in [6.07, 6.45) is -3.53. The van der Waals surface area contributed by atoms with Gasteiger partial charge in [0.15, 0.2) is 5.82 Å². The molecular formula is C8H7ClF3N7O. The Bertz CT molecular complexity index is 639. The van der Waals surface area contributed by atoms with Gasteiger partial charge >= 0.3 is 6.18 Å². The van der Waals surface area contributed by atoms with E-state index in [0.29, 0.717) is 5.82 Å². The average molecular weight is 310 g/mol. The maximum atomic E-state index is 12.2. The Labute approximate surface area is 113 Å². The zero-order valence-electron chi connectivity index (χ0n) is 9.65. The van der Waals surface area contributed by atoms with Crippen molar-refractivity contribution in [2.24, 2.45) is 0 Å². The molecule has 2 rings (SSSR count). The van der Waals surface area contributed by atoms with E-state index in [4.69, 9.17) is 11.6 Å². The molecule has 0 unspecified atom stereocenters. The van der Waals surface area contributed by atoms with E-state index in [1.54, 1.807) is 0 Å². The van der Waals surface area contributed by atoms with E-state index in [1.165, 1.54) is 0 Å². The van der Waals surface area contributed by atoms with Gasteiger partial charge in [-0.2, -0.15) is 23.5 Å². The minimum atomic E-state index is -4.56. The third kappa shape index (κ3) is 3.44. The van der Waals surface area contributed by atoms with Crippen molar-refractivity contribution >= 4 is 17.3 Å². The van der Waals surface area contributed by atoms with Gasteiger partial charge in [0, 0.05) is 0 Å². The molecule has 0 saturated carbocycles. The van der Waals surface area contributed by atoms with Crippen molar-refractivity contribution in [2.45, 2.75) is 19.3 Å². The quantitative estimate of drug-likeness (QED) is 0.857. The Balaban J connectivity index is 2.16. The van der Waals surface area contributed by atoms with E-state index in [9.17, 15) is 18.0 Å². The molecule has 108 valence electrons. The summed E-state index contributed by atoms with van der Waals surface area (Å²) in [7, 11) is 0. The van der Waals surface area contributed by atoms with Gasteiger partial charge in [-0.25, -0.2) is 4.68 Å². The normalized spacial score (nSPS) is 11.6. The summed E-state index contributed by atoms with van der Waals surface area (Å²) in [4.78, 5) is 11.6. The molecule has 2 N–H and O–H groups in total. The molecule has 0 fully saturated rings. The molecule has 0 aliphatic heterocycles. The number of aromatic nitrogens is 6. The largest absolute Gasteiger partial charge is 0.408 e. The fourth-order valence-corrected chi connectivity index (χ4v) is 1.52. The Morgan fingerprint density at radius 1 is 1.45 bits per heavy atom. The maximum absolute atomic E-state index is 12.2. The second-order valence-electron chi connectivity index (χ2n) is 3.63. The summed E-state index contributed by atoms with van der Waals surface area (Å²) < 4.78 is 36.8. The molecular weight excluding hydrogens is 303 g/mol. The second-order valence-corrected chi connectivity index (χ2v) is 4.01. The topological polar surface area (TPSA) is 101 Å². The summed E-state index contributed by atoms with van der Waals surface area (Å²) in [5.41, 5.74) is -0.956. The molecule has 0 radical (unpaired) electrons. The van der Waals surface area contributed by atoms with Crippen LogP contribution in [0.3, 0.4) is 0 Å². The number of tetrazole rings is 1. The van der Waals surface area contributed by atoms with Crippen LogP contribution in [-0.4, -0.2) is 36.6 Å². The number of rotatable bonds is 4. The Kier molecular flexibility index (Phi) is 3.88.